The van der Waals surface area contributed by atoms with E-state index in [9.17, 15) is 4.79 Å². The number of aliphatic carboxylic acids is 1. The maximum atomic E-state index is 10.5. The molecule has 1 N–H and O–H groups in total. The Morgan fingerprint density at radius 2 is 2.20 bits per heavy atom. The molecule has 0 saturated carbocycles. The lowest BCUT2D eigenvalue weighted by atomic mass is 10.1. The molecule has 0 radical (unpaired) electrons. The zero-order valence-electron chi connectivity index (χ0n) is 9.44. The Kier molecular flexibility index (Phi) is 3.44. The van der Waals surface area contributed by atoms with Crippen LogP contribution in [0.15, 0.2) is 11.1 Å². The number of aryl methyl sites for hydroxylation is 1. The smallest absolute Gasteiger partial charge is 0.313 e. The molecule has 1 heterocycles. The van der Waals surface area contributed by atoms with Crippen molar-refractivity contribution in [2.75, 3.05) is 5.75 Å². The summed E-state index contributed by atoms with van der Waals surface area (Å²) in [4.78, 5) is 10.5. The molecule has 0 bridgehead atoms. The number of aromatic nitrogens is 2. The maximum Gasteiger partial charge on any atom is 0.313 e. The first-order valence-electron chi connectivity index (χ1n) is 4.72. The highest BCUT2D eigenvalue weighted by molar-refractivity contribution is 7.99. The number of carboxylic acid groups (broad SMARTS) is 1. The van der Waals surface area contributed by atoms with Crippen LogP contribution >= 0.6 is 11.8 Å². The van der Waals surface area contributed by atoms with Crippen LogP contribution in [0.5, 0.6) is 0 Å². The van der Waals surface area contributed by atoms with Crippen molar-refractivity contribution in [3.63, 3.8) is 0 Å². The topological polar surface area (TPSA) is 55.1 Å². The molecule has 0 aliphatic heterocycles. The van der Waals surface area contributed by atoms with Crippen molar-refractivity contribution >= 4 is 17.7 Å². The molecule has 1 aromatic heterocycles. The highest BCUT2D eigenvalue weighted by Gasteiger charge is 2.19. The zero-order valence-corrected chi connectivity index (χ0v) is 10.3. The van der Waals surface area contributed by atoms with Gasteiger partial charge in [-0.2, -0.15) is 5.10 Å². The van der Waals surface area contributed by atoms with E-state index in [4.69, 9.17) is 5.11 Å². The number of hydrogen-bond acceptors (Lipinski definition) is 3. The highest BCUT2D eigenvalue weighted by atomic mass is 32.2. The largest absolute Gasteiger partial charge is 0.481 e. The second-order valence-electron chi connectivity index (χ2n) is 4.39. The van der Waals surface area contributed by atoms with E-state index < -0.39 is 5.97 Å². The molecule has 0 spiro atoms. The molecular weight excluding hydrogens is 212 g/mol. The normalized spacial score (nSPS) is 11.7. The molecule has 0 amide bonds. The van der Waals surface area contributed by atoms with Gasteiger partial charge in [0.2, 0.25) is 0 Å². The van der Waals surface area contributed by atoms with Gasteiger partial charge in [-0.1, -0.05) is 11.8 Å². The summed E-state index contributed by atoms with van der Waals surface area (Å²) in [5.41, 5.74) is 0.799. The third kappa shape index (κ3) is 3.27. The summed E-state index contributed by atoms with van der Waals surface area (Å²) in [5, 5.41) is 13.9. The van der Waals surface area contributed by atoms with Crippen molar-refractivity contribution < 1.29 is 9.90 Å². The summed E-state index contributed by atoms with van der Waals surface area (Å²) >= 11 is 1.30. The van der Waals surface area contributed by atoms with E-state index >= 15 is 0 Å². The number of carbonyl (C=O) groups is 1. The van der Waals surface area contributed by atoms with Gasteiger partial charge in [-0.05, 0) is 33.8 Å². The van der Waals surface area contributed by atoms with Gasteiger partial charge in [-0.25, -0.2) is 0 Å². The van der Waals surface area contributed by atoms with Crippen LogP contribution in [-0.2, 0) is 10.3 Å². The molecule has 0 aliphatic carbocycles. The van der Waals surface area contributed by atoms with Crippen molar-refractivity contribution in [2.24, 2.45) is 0 Å². The molecule has 0 aliphatic rings. The van der Waals surface area contributed by atoms with Crippen molar-refractivity contribution in [3.8, 4) is 0 Å². The SMILES string of the molecule is Cc1cc(SCC(=O)O)n(C(C)(C)C)n1. The first-order valence-corrected chi connectivity index (χ1v) is 5.71. The van der Waals surface area contributed by atoms with E-state index in [0.29, 0.717) is 0 Å². The Bertz CT molecular complexity index is 366. The van der Waals surface area contributed by atoms with E-state index in [2.05, 4.69) is 5.10 Å². The summed E-state index contributed by atoms with van der Waals surface area (Å²) in [6.07, 6.45) is 0. The Balaban J connectivity index is 2.91. The quantitative estimate of drug-likeness (QED) is 0.805. The van der Waals surface area contributed by atoms with Crippen LogP contribution in [0.1, 0.15) is 26.5 Å². The molecular formula is C10H16N2O2S. The average Bonchev–Trinajstić information content (AvgIpc) is 2.42. The molecule has 4 nitrogen and oxygen atoms in total. The summed E-state index contributed by atoms with van der Waals surface area (Å²) < 4.78 is 1.87. The van der Waals surface area contributed by atoms with E-state index in [1.807, 2.05) is 38.4 Å². The van der Waals surface area contributed by atoms with E-state index in [-0.39, 0.29) is 11.3 Å². The van der Waals surface area contributed by atoms with E-state index in [0.717, 1.165) is 10.7 Å². The first kappa shape index (κ1) is 12.1. The fraction of sp³-hybridized carbons (Fsp3) is 0.600. The number of rotatable bonds is 3. The van der Waals surface area contributed by atoms with Gasteiger partial charge in [0.25, 0.3) is 0 Å². The summed E-state index contributed by atoms with van der Waals surface area (Å²) in [7, 11) is 0. The van der Waals surface area contributed by atoms with E-state index in [1.165, 1.54) is 11.8 Å². The molecule has 1 aromatic rings. The van der Waals surface area contributed by atoms with Gasteiger partial charge in [0.15, 0.2) is 0 Å². The number of hydrogen-bond donors (Lipinski definition) is 1. The Morgan fingerprint density at radius 3 is 2.67 bits per heavy atom. The van der Waals surface area contributed by atoms with Crippen molar-refractivity contribution in [2.45, 2.75) is 38.3 Å². The lowest BCUT2D eigenvalue weighted by Gasteiger charge is -2.21. The van der Waals surface area contributed by atoms with Crippen LogP contribution in [0, 0.1) is 6.92 Å². The minimum atomic E-state index is -0.806. The summed E-state index contributed by atoms with van der Waals surface area (Å²) in [6.45, 7) is 8.05. The van der Waals surface area contributed by atoms with Crippen LogP contribution in [0.25, 0.3) is 0 Å². The summed E-state index contributed by atoms with van der Waals surface area (Å²) in [5.74, 6) is -0.736. The van der Waals surface area contributed by atoms with Gasteiger partial charge in [-0.15, -0.1) is 0 Å². The van der Waals surface area contributed by atoms with Crippen LogP contribution in [0.3, 0.4) is 0 Å². The van der Waals surface area contributed by atoms with Crippen LogP contribution in [0.2, 0.25) is 0 Å². The Morgan fingerprint density at radius 1 is 1.60 bits per heavy atom. The lowest BCUT2D eigenvalue weighted by Crippen LogP contribution is -2.24. The van der Waals surface area contributed by atoms with Crippen LogP contribution < -0.4 is 0 Å². The van der Waals surface area contributed by atoms with Crippen LogP contribution in [-0.4, -0.2) is 26.6 Å². The molecule has 0 aromatic carbocycles. The maximum absolute atomic E-state index is 10.5. The predicted molar refractivity (Wildman–Crippen MR) is 60.3 cm³/mol. The number of carboxylic acids is 1. The molecule has 1 rings (SSSR count). The van der Waals surface area contributed by atoms with E-state index in [1.54, 1.807) is 0 Å². The Hall–Kier alpha value is -0.970. The fourth-order valence-corrected chi connectivity index (χ4v) is 2.16. The molecule has 15 heavy (non-hydrogen) atoms. The van der Waals surface area contributed by atoms with Crippen molar-refractivity contribution in [1.29, 1.82) is 0 Å². The second kappa shape index (κ2) is 4.26. The predicted octanol–water partition coefficient (Wildman–Crippen LogP) is 2.12. The third-order valence-corrected chi connectivity index (χ3v) is 2.76. The minimum Gasteiger partial charge on any atom is -0.481 e. The van der Waals surface area contributed by atoms with Gasteiger partial charge >= 0.3 is 5.97 Å². The highest BCUT2D eigenvalue weighted by Crippen LogP contribution is 2.25. The van der Waals surface area contributed by atoms with Gasteiger partial charge in [0.1, 0.15) is 0 Å². The van der Waals surface area contributed by atoms with Crippen LogP contribution in [0.4, 0.5) is 0 Å². The second-order valence-corrected chi connectivity index (χ2v) is 5.38. The first-order chi connectivity index (χ1) is 6.80. The van der Waals surface area contributed by atoms with Gasteiger partial charge in [-0.3, -0.25) is 9.48 Å². The molecule has 0 atom stereocenters. The van der Waals surface area contributed by atoms with Gasteiger partial charge in [0, 0.05) is 0 Å². The molecule has 0 saturated heterocycles. The lowest BCUT2D eigenvalue weighted by molar-refractivity contribution is -0.133. The molecule has 5 heteroatoms. The van der Waals surface area contributed by atoms with Gasteiger partial charge in [0.05, 0.1) is 22.0 Å². The summed E-state index contributed by atoms with van der Waals surface area (Å²) in [6, 6.07) is 1.92. The Labute approximate surface area is 93.7 Å². The fourth-order valence-electron chi connectivity index (χ4n) is 1.19. The molecule has 0 fully saturated rings. The van der Waals surface area contributed by atoms with Crippen molar-refractivity contribution in [1.82, 2.24) is 9.78 Å². The number of thioether (sulfide) groups is 1. The van der Waals surface area contributed by atoms with Gasteiger partial charge < -0.3 is 5.11 Å². The molecule has 84 valence electrons. The third-order valence-electron chi connectivity index (χ3n) is 1.78. The zero-order chi connectivity index (χ0) is 11.6. The number of nitrogens with zero attached hydrogens (tertiary/aromatic N) is 2. The monoisotopic (exact) mass is 228 g/mol. The standard InChI is InChI=1S/C10H16N2O2S/c1-7-5-8(15-6-9(13)14)12(11-7)10(2,3)4/h5H,6H2,1-4H3,(H,13,14). The molecule has 0 unspecified atom stereocenters. The minimum absolute atomic E-state index is 0.0706. The average molecular weight is 228 g/mol. The van der Waals surface area contributed by atoms with Crippen molar-refractivity contribution in [3.05, 3.63) is 11.8 Å².